The van der Waals surface area contributed by atoms with E-state index < -0.39 is 21.6 Å². The van der Waals surface area contributed by atoms with Crippen LogP contribution in [-0.2, 0) is 21.4 Å². The molecule has 1 aliphatic heterocycles. The van der Waals surface area contributed by atoms with E-state index in [1.807, 2.05) is 6.92 Å². The van der Waals surface area contributed by atoms with Crippen LogP contribution in [0.4, 0.5) is 10.5 Å². The molecule has 1 aromatic carbocycles. The summed E-state index contributed by atoms with van der Waals surface area (Å²) in [6.45, 7) is 5.27. The number of hydrogen-bond donors (Lipinski definition) is 2. The normalized spacial score (nSPS) is 16.7. The lowest BCUT2D eigenvalue weighted by molar-refractivity contribution is -0.130. The number of rotatable bonds is 5. The van der Waals surface area contributed by atoms with Crippen LogP contribution >= 0.6 is 11.3 Å². The van der Waals surface area contributed by atoms with Gasteiger partial charge in [-0.05, 0) is 50.6 Å². The van der Waals surface area contributed by atoms with Crippen molar-refractivity contribution in [3.05, 3.63) is 46.8 Å². The molecule has 138 valence electrons. The van der Waals surface area contributed by atoms with Crippen molar-refractivity contribution in [3.8, 4) is 0 Å². The number of thiophene rings is 1. The molecule has 26 heavy (non-hydrogen) atoms. The number of carbonyl (C=O) groups is 2. The monoisotopic (exact) mass is 393 g/mol. The first-order chi connectivity index (χ1) is 12.1. The third kappa shape index (κ3) is 3.58. The van der Waals surface area contributed by atoms with E-state index in [0.29, 0.717) is 5.69 Å². The SMILES string of the molecule is Cc1ccc(S(=O)(=O)Nc2ccc(CN3C(=O)NC(C)(C)C3=O)cc2)s1. The van der Waals surface area contributed by atoms with Crippen molar-refractivity contribution in [3.63, 3.8) is 0 Å². The Morgan fingerprint density at radius 3 is 2.27 bits per heavy atom. The van der Waals surface area contributed by atoms with Gasteiger partial charge >= 0.3 is 6.03 Å². The lowest BCUT2D eigenvalue weighted by Crippen LogP contribution is -2.40. The quantitative estimate of drug-likeness (QED) is 0.764. The molecule has 0 aliphatic carbocycles. The molecule has 2 heterocycles. The van der Waals surface area contributed by atoms with E-state index in [-0.39, 0.29) is 16.7 Å². The minimum Gasteiger partial charge on any atom is -0.324 e. The molecule has 0 spiro atoms. The average Bonchev–Trinajstić information content (AvgIpc) is 3.06. The van der Waals surface area contributed by atoms with Gasteiger partial charge in [0.05, 0.1) is 6.54 Å². The number of urea groups is 1. The van der Waals surface area contributed by atoms with Crippen LogP contribution in [0.15, 0.2) is 40.6 Å². The predicted molar refractivity (Wildman–Crippen MR) is 99.5 cm³/mol. The molecule has 1 aliphatic rings. The zero-order valence-electron chi connectivity index (χ0n) is 14.6. The first-order valence-corrected chi connectivity index (χ1v) is 10.2. The van der Waals surface area contributed by atoms with Gasteiger partial charge in [-0.1, -0.05) is 12.1 Å². The smallest absolute Gasteiger partial charge is 0.324 e. The Morgan fingerprint density at radius 2 is 1.77 bits per heavy atom. The van der Waals surface area contributed by atoms with Gasteiger partial charge in [0.15, 0.2) is 0 Å². The molecule has 0 saturated carbocycles. The van der Waals surface area contributed by atoms with Crippen LogP contribution in [0.1, 0.15) is 24.3 Å². The Bertz CT molecular complexity index is 962. The first kappa shape index (κ1) is 18.4. The molecule has 2 N–H and O–H groups in total. The molecule has 3 amide bonds. The number of carbonyl (C=O) groups excluding carboxylic acids is 2. The van der Waals surface area contributed by atoms with Crippen LogP contribution in [0.25, 0.3) is 0 Å². The van der Waals surface area contributed by atoms with Crippen molar-refractivity contribution in [2.24, 2.45) is 0 Å². The Kier molecular flexibility index (Phi) is 4.53. The molecule has 2 aromatic rings. The highest BCUT2D eigenvalue weighted by molar-refractivity contribution is 7.94. The van der Waals surface area contributed by atoms with E-state index in [0.717, 1.165) is 15.3 Å². The van der Waals surface area contributed by atoms with Gasteiger partial charge in [-0.25, -0.2) is 13.2 Å². The molecule has 7 nitrogen and oxygen atoms in total. The van der Waals surface area contributed by atoms with Crippen LogP contribution in [0.2, 0.25) is 0 Å². The van der Waals surface area contributed by atoms with E-state index in [2.05, 4.69) is 10.0 Å². The number of benzene rings is 1. The highest BCUT2D eigenvalue weighted by atomic mass is 32.2. The van der Waals surface area contributed by atoms with Gasteiger partial charge in [0.1, 0.15) is 9.75 Å². The summed E-state index contributed by atoms with van der Waals surface area (Å²) in [5.41, 5.74) is 0.226. The highest BCUT2D eigenvalue weighted by Crippen LogP contribution is 2.24. The fourth-order valence-corrected chi connectivity index (χ4v) is 4.93. The summed E-state index contributed by atoms with van der Waals surface area (Å²) >= 11 is 1.20. The van der Waals surface area contributed by atoms with Gasteiger partial charge in [-0.3, -0.25) is 14.4 Å². The number of hydrogen-bond acceptors (Lipinski definition) is 5. The zero-order chi connectivity index (χ0) is 19.1. The summed E-state index contributed by atoms with van der Waals surface area (Å²) in [5.74, 6) is -0.291. The lowest BCUT2D eigenvalue weighted by atomic mass is 10.1. The van der Waals surface area contributed by atoms with Gasteiger partial charge < -0.3 is 5.32 Å². The van der Waals surface area contributed by atoms with Crippen LogP contribution in [0.5, 0.6) is 0 Å². The molecule has 0 atom stereocenters. The van der Waals surface area contributed by atoms with Crippen molar-refractivity contribution in [1.29, 1.82) is 0 Å². The van der Waals surface area contributed by atoms with E-state index in [4.69, 9.17) is 0 Å². The molecular formula is C17H19N3O4S2. The van der Waals surface area contributed by atoms with E-state index in [1.165, 1.54) is 11.3 Å². The molecule has 1 saturated heterocycles. The standard InChI is InChI=1S/C17H19N3O4S2/c1-11-4-9-14(25-11)26(23,24)19-13-7-5-12(6-8-13)10-20-15(21)17(2,3)18-16(20)22/h4-9,19H,10H2,1-3H3,(H,18,22). The van der Waals surface area contributed by atoms with E-state index >= 15 is 0 Å². The number of amides is 3. The Hall–Kier alpha value is -2.39. The zero-order valence-corrected chi connectivity index (χ0v) is 16.2. The van der Waals surface area contributed by atoms with Crippen molar-refractivity contribution in [2.45, 2.75) is 37.1 Å². The van der Waals surface area contributed by atoms with Crippen molar-refractivity contribution in [1.82, 2.24) is 10.2 Å². The fraction of sp³-hybridized carbons (Fsp3) is 0.294. The number of imide groups is 1. The maximum atomic E-state index is 12.3. The second kappa shape index (κ2) is 6.40. The number of nitrogens with one attached hydrogen (secondary N) is 2. The lowest BCUT2D eigenvalue weighted by Gasteiger charge is -2.16. The summed E-state index contributed by atoms with van der Waals surface area (Å²) in [6, 6.07) is 9.47. The van der Waals surface area contributed by atoms with Crippen molar-refractivity contribution < 1.29 is 18.0 Å². The van der Waals surface area contributed by atoms with Crippen molar-refractivity contribution in [2.75, 3.05) is 4.72 Å². The average molecular weight is 393 g/mol. The summed E-state index contributed by atoms with van der Waals surface area (Å²) in [6.07, 6.45) is 0. The third-order valence-corrected chi connectivity index (χ3v) is 6.85. The summed E-state index contributed by atoms with van der Waals surface area (Å²) in [5, 5.41) is 2.62. The minimum atomic E-state index is -3.62. The first-order valence-electron chi connectivity index (χ1n) is 7.91. The molecular weight excluding hydrogens is 374 g/mol. The molecule has 1 aromatic heterocycles. The van der Waals surface area contributed by atoms with Gasteiger partial charge in [-0.15, -0.1) is 11.3 Å². The molecule has 3 rings (SSSR count). The van der Waals surface area contributed by atoms with Crippen LogP contribution < -0.4 is 10.0 Å². The number of aryl methyl sites for hydroxylation is 1. The molecule has 0 bridgehead atoms. The van der Waals surface area contributed by atoms with E-state index in [9.17, 15) is 18.0 Å². The minimum absolute atomic E-state index is 0.130. The second-order valence-corrected chi connectivity index (χ2v) is 9.81. The number of nitrogens with zero attached hydrogens (tertiary/aromatic N) is 1. The van der Waals surface area contributed by atoms with Gasteiger partial charge in [0.2, 0.25) is 0 Å². The maximum absolute atomic E-state index is 12.3. The summed E-state index contributed by atoms with van der Waals surface area (Å²) < 4.78 is 27.4. The van der Waals surface area contributed by atoms with Crippen LogP contribution in [0.3, 0.4) is 0 Å². The molecule has 1 fully saturated rings. The molecule has 0 unspecified atom stereocenters. The van der Waals surface area contributed by atoms with Gasteiger partial charge in [0.25, 0.3) is 15.9 Å². The van der Waals surface area contributed by atoms with E-state index in [1.54, 1.807) is 50.2 Å². The number of anilines is 1. The largest absolute Gasteiger partial charge is 0.325 e. The fourth-order valence-electron chi connectivity index (χ4n) is 2.58. The van der Waals surface area contributed by atoms with Gasteiger partial charge in [0, 0.05) is 10.6 Å². The number of sulfonamides is 1. The molecule has 0 radical (unpaired) electrons. The summed E-state index contributed by atoms with van der Waals surface area (Å²) in [4.78, 5) is 26.2. The van der Waals surface area contributed by atoms with Crippen LogP contribution in [0, 0.1) is 6.92 Å². The Labute approximate surface area is 156 Å². The highest BCUT2D eigenvalue weighted by Gasteiger charge is 2.44. The maximum Gasteiger partial charge on any atom is 0.325 e. The Morgan fingerprint density at radius 1 is 1.12 bits per heavy atom. The van der Waals surface area contributed by atoms with Crippen molar-refractivity contribution >= 4 is 39.0 Å². The van der Waals surface area contributed by atoms with Crippen LogP contribution in [-0.4, -0.2) is 30.8 Å². The topological polar surface area (TPSA) is 95.6 Å². The predicted octanol–water partition coefficient (Wildman–Crippen LogP) is 2.69. The summed E-state index contributed by atoms with van der Waals surface area (Å²) in [7, 11) is -3.62. The second-order valence-electron chi connectivity index (χ2n) is 6.61. The third-order valence-electron chi connectivity index (χ3n) is 3.97. The Balaban J connectivity index is 1.71. The van der Waals surface area contributed by atoms with Gasteiger partial charge in [-0.2, -0.15) is 0 Å². The molecule has 9 heteroatoms.